The first-order valence-corrected chi connectivity index (χ1v) is 10.6. The highest BCUT2D eigenvalue weighted by molar-refractivity contribution is 8.00. The van der Waals surface area contributed by atoms with Gasteiger partial charge in [0.1, 0.15) is 0 Å². The summed E-state index contributed by atoms with van der Waals surface area (Å²) in [5, 5.41) is 2.63. The minimum atomic E-state index is -4.45. The van der Waals surface area contributed by atoms with E-state index in [0.29, 0.717) is 10.6 Å². The van der Waals surface area contributed by atoms with Crippen molar-refractivity contribution in [3.05, 3.63) is 53.1 Å². The van der Waals surface area contributed by atoms with Gasteiger partial charge in [-0.25, -0.2) is 8.42 Å². The van der Waals surface area contributed by atoms with E-state index >= 15 is 0 Å². The zero-order valence-electron chi connectivity index (χ0n) is 13.8. The molecule has 0 fully saturated rings. The van der Waals surface area contributed by atoms with Crippen LogP contribution in [0.25, 0.3) is 0 Å². The summed E-state index contributed by atoms with van der Waals surface area (Å²) in [5.41, 5.74) is -0.294. The molecule has 2 rings (SSSR count). The lowest BCUT2D eigenvalue weighted by Gasteiger charge is -2.10. The number of hydrogen-bond acceptors (Lipinski definition) is 4. The number of carbonyl (C=O) groups excluding carboxylic acids is 1. The van der Waals surface area contributed by atoms with Crippen molar-refractivity contribution in [3.8, 4) is 0 Å². The number of benzene rings is 2. The van der Waals surface area contributed by atoms with Crippen LogP contribution >= 0.6 is 23.4 Å². The SMILES string of the molecule is CS(=O)(=O)Nc1ccc(NC(=O)CSc2cccc(C(F)(F)F)c2)cc1Cl. The molecule has 0 saturated heterocycles. The number of alkyl halides is 3. The highest BCUT2D eigenvalue weighted by atomic mass is 35.5. The standard InChI is InChI=1S/C16H14ClF3N2O3S2/c1-27(24,25)22-14-6-5-11(8-13(14)17)21-15(23)9-26-12-4-2-3-10(7-12)16(18,19)20/h2-8,22H,9H2,1H3,(H,21,23). The van der Waals surface area contributed by atoms with Gasteiger partial charge in [-0.3, -0.25) is 9.52 Å². The summed E-state index contributed by atoms with van der Waals surface area (Å²) in [7, 11) is -3.49. The summed E-state index contributed by atoms with van der Waals surface area (Å²) in [5.74, 6) is -0.556. The van der Waals surface area contributed by atoms with Gasteiger partial charge in [0.15, 0.2) is 0 Å². The molecule has 0 atom stereocenters. The molecule has 27 heavy (non-hydrogen) atoms. The second-order valence-electron chi connectivity index (χ2n) is 5.43. The summed E-state index contributed by atoms with van der Waals surface area (Å²) in [6.45, 7) is 0. The first kappa shape index (κ1) is 21.4. The molecule has 0 aromatic heterocycles. The van der Waals surface area contributed by atoms with E-state index in [4.69, 9.17) is 11.6 Å². The van der Waals surface area contributed by atoms with Crippen LogP contribution in [-0.4, -0.2) is 26.3 Å². The molecular weight excluding hydrogens is 425 g/mol. The van der Waals surface area contributed by atoms with Gasteiger partial charge in [0.2, 0.25) is 15.9 Å². The van der Waals surface area contributed by atoms with E-state index in [1.165, 1.54) is 30.3 Å². The van der Waals surface area contributed by atoms with Gasteiger partial charge >= 0.3 is 6.18 Å². The first-order valence-electron chi connectivity index (χ1n) is 7.31. The van der Waals surface area contributed by atoms with Crippen molar-refractivity contribution in [3.63, 3.8) is 0 Å². The van der Waals surface area contributed by atoms with Gasteiger partial charge in [-0.05, 0) is 36.4 Å². The molecule has 0 saturated carbocycles. The average Bonchev–Trinajstić information content (AvgIpc) is 2.54. The minimum absolute atomic E-state index is 0.0868. The lowest BCUT2D eigenvalue weighted by Crippen LogP contribution is -2.14. The highest BCUT2D eigenvalue weighted by Gasteiger charge is 2.30. The van der Waals surface area contributed by atoms with Crippen LogP contribution < -0.4 is 10.0 Å². The fraction of sp³-hybridized carbons (Fsp3) is 0.188. The van der Waals surface area contributed by atoms with Gasteiger partial charge in [-0.15, -0.1) is 11.8 Å². The van der Waals surface area contributed by atoms with Crippen LogP contribution in [-0.2, 0) is 21.0 Å². The predicted octanol–water partition coefficient (Wildman–Crippen LogP) is 4.46. The second kappa shape index (κ2) is 8.41. The molecule has 11 heteroatoms. The van der Waals surface area contributed by atoms with E-state index < -0.39 is 27.7 Å². The molecule has 0 radical (unpaired) electrons. The number of sulfonamides is 1. The van der Waals surface area contributed by atoms with E-state index in [1.54, 1.807) is 0 Å². The Bertz CT molecular complexity index is 950. The number of carbonyl (C=O) groups is 1. The summed E-state index contributed by atoms with van der Waals surface area (Å²) in [6.07, 6.45) is -3.47. The highest BCUT2D eigenvalue weighted by Crippen LogP contribution is 2.32. The van der Waals surface area contributed by atoms with E-state index in [2.05, 4.69) is 10.0 Å². The van der Waals surface area contributed by atoms with Crippen LogP contribution in [0.15, 0.2) is 47.4 Å². The molecule has 0 spiro atoms. The Morgan fingerprint density at radius 1 is 1.19 bits per heavy atom. The van der Waals surface area contributed by atoms with Gasteiger partial charge in [0.25, 0.3) is 0 Å². The number of amides is 1. The Labute approximate surface area is 163 Å². The van der Waals surface area contributed by atoms with E-state index in [9.17, 15) is 26.4 Å². The summed E-state index contributed by atoms with van der Waals surface area (Å²) in [6, 6.07) is 8.89. The van der Waals surface area contributed by atoms with Crippen molar-refractivity contribution < 1.29 is 26.4 Å². The third kappa shape index (κ3) is 6.96. The molecule has 2 N–H and O–H groups in total. The summed E-state index contributed by atoms with van der Waals surface area (Å²) < 4.78 is 62.7. The van der Waals surface area contributed by atoms with E-state index in [1.807, 2.05) is 0 Å². The number of thioether (sulfide) groups is 1. The van der Waals surface area contributed by atoms with Crippen molar-refractivity contribution in [2.75, 3.05) is 22.0 Å². The van der Waals surface area contributed by atoms with Crippen LogP contribution in [0.4, 0.5) is 24.5 Å². The third-order valence-corrected chi connectivity index (χ3v) is 4.98. The van der Waals surface area contributed by atoms with Crippen LogP contribution in [0.2, 0.25) is 5.02 Å². The van der Waals surface area contributed by atoms with Crippen molar-refractivity contribution in [2.24, 2.45) is 0 Å². The maximum absolute atomic E-state index is 12.7. The lowest BCUT2D eigenvalue weighted by atomic mass is 10.2. The molecule has 146 valence electrons. The van der Waals surface area contributed by atoms with Crippen LogP contribution in [0.5, 0.6) is 0 Å². The van der Waals surface area contributed by atoms with Crippen LogP contribution in [0.1, 0.15) is 5.56 Å². The first-order chi connectivity index (χ1) is 12.4. The molecule has 0 aliphatic rings. The number of nitrogens with one attached hydrogen (secondary N) is 2. The van der Waals surface area contributed by atoms with Gasteiger partial charge in [0, 0.05) is 10.6 Å². The maximum Gasteiger partial charge on any atom is 0.416 e. The zero-order chi connectivity index (χ0) is 20.2. The fourth-order valence-corrected chi connectivity index (χ4v) is 3.60. The Hall–Kier alpha value is -1.91. The molecule has 2 aromatic carbocycles. The van der Waals surface area contributed by atoms with Crippen molar-refractivity contribution in [1.82, 2.24) is 0 Å². The molecule has 0 heterocycles. The van der Waals surface area contributed by atoms with Crippen molar-refractivity contribution >= 4 is 50.7 Å². The molecule has 0 unspecified atom stereocenters. The monoisotopic (exact) mass is 438 g/mol. The number of halogens is 4. The average molecular weight is 439 g/mol. The van der Waals surface area contributed by atoms with E-state index in [-0.39, 0.29) is 16.5 Å². The smallest absolute Gasteiger partial charge is 0.325 e. The lowest BCUT2D eigenvalue weighted by molar-refractivity contribution is -0.137. The van der Waals surface area contributed by atoms with Crippen molar-refractivity contribution in [1.29, 1.82) is 0 Å². The Balaban J connectivity index is 1.97. The molecule has 2 aromatic rings. The molecule has 1 amide bonds. The maximum atomic E-state index is 12.7. The van der Waals surface area contributed by atoms with Gasteiger partial charge in [-0.1, -0.05) is 17.7 Å². The van der Waals surface area contributed by atoms with Crippen LogP contribution in [0, 0.1) is 0 Å². The molecule has 5 nitrogen and oxygen atoms in total. The van der Waals surface area contributed by atoms with Gasteiger partial charge < -0.3 is 5.32 Å². The van der Waals surface area contributed by atoms with Gasteiger partial charge in [-0.2, -0.15) is 13.2 Å². The topological polar surface area (TPSA) is 75.3 Å². The number of rotatable bonds is 6. The van der Waals surface area contributed by atoms with Crippen LogP contribution in [0.3, 0.4) is 0 Å². The predicted molar refractivity (Wildman–Crippen MR) is 101 cm³/mol. The molecule has 0 aliphatic heterocycles. The molecule has 0 aliphatic carbocycles. The summed E-state index contributed by atoms with van der Waals surface area (Å²) >= 11 is 6.92. The quantitative estimate of drug-likeness (QED) is 0.653. The Kier molecular flexibility index (Phi) is 6.66. The van der Waals surface area contributed by atoms with E-state index in [0.717, 1.165) is 30.2 Å². The Morgan fingerprint density at radius 3 is 2.48 bits per heavy atom. The number of hydrogen-bond donors (Lipinski definition) is 2. The summed E-state index contributed by atoms with van der Waals surface area (Å²) in [4.78, 5) is 12.3. The third-order valence-electron chi connectivity index (χ3n) is 3.08. The zero-order valence-corrected chi connectivity index (χ0v) is 16.2. The minimum Gasteiger partial charge on any atom is -0.325 e. The van der Waals surface area contributed by atoms with Gasteiger partial charge in [0.05, 0.1) is 28.3 Å². The Morgan fingerprint density at radius 2 is 1.89 bits per heavy atom. The molecular formula is C16H14ClF3N2O3S2. The molecule has 0 bridgehead atoms. The fourth-order valence-electron chi connectivity index (χ4n) is 1.98. The largest absolute Gasteiger partial charge is 0.416 e. The second-order valence-corrected chi connectivity index (χ2v) is 8.64. The normalized spacial score (nSPS) is 11.9. The van der Waals surface area contributed by atoms with Crippen molar-refractivity contribution in [2.45, 2.75) is 11.1 Å². The number of anilines is 2.